The van der Waals surface area contributed by atoms with Crippen molar-refractivity contribution < 1.29 is 9.59 Å². The molecule has 4 rings (SSSR count). The molecule has 3 aromatic rings. The molecular weight excluding hydrogens is 344 g/mol. The van der Waals surface area contributed by atoms with Crippen molar-refractivity contribution in [3.05, 3.63) is 60.4 Å². The second-order valence-corrected chi connectivity index (χ2v) is 6.24. The first-order chi connectivity index (χ1) is 13.1. The number of urea groups is 1. The first-order valence-electron chi connectivity index (χ1n) is 8.56. The molecule has 2 aromatic carbocycles. The van der Waals surface area contributed by atoms with Crippen LogP contribution in [0.25, 0.3) is 5.69 Å². The van der Waals surface area contributed by atoms with Crippen LogP contribution in [0.3, 0.4) is 0 Å². The van der Waals surface area contributed by atoms with Crippen LogP contribution in [-0.4, -0.2) is 33.5 Å². The Bertz CT molecular complexity index is 982. The number of amides is 3. The summed E-state index contributed by atoms with van der Waals surface area (Å²) in [4.78, 5) is 25.6. The van der Waals surface area contributed by atoms with Gasteiger partial charge in [-0.2, -0.15) is 0 Å². The molecule has 0 bridgehead atoms. The minimum Gasteiger partial charge on any atom is -0.312 e. The lowest BCUT2D eigenvalue weighted by Crippen LogP contribution is -2.25. The maximum Gasteiger partial charge on any atom is 0.323 e. The summed E-state index contributed by atoms with van der Waals surface area (Å²) in [5.41, 5.74) is 4.18. The lowest BCUT2D eigenvalue weighted by atomic mass is 10.1. The number of hydrogen-bond acceptors (Lipinski definition) is 4. The first kappa shape index (κ1) is 16.8. The van der Waals surface area contributed by atoms with Gasteiger partial charge in [0, 0.05) is 30.5 Å². The van der Waals surface area contributed by atoms with Crippen molar-refractivity contribution >= 4 is 29.0 Å². The fourth-order valence-corrected chi connectivity index (χ4v) is 3.14. The number of fused-ring (bicyclic) bond motifs is 1. The quantitative estimate of drug-likeness (QED) is 0.749. The van der Waals surface area contributed by atoms with Crippen LogP contribution in [-0.2, 0) is 11.2 Å². The molecule has 0 saturated carbocycles. The van der Waals surface area contributed by atoms with Gasteiger partial charge >= 0.3 is 6.03 Å². The predicted molar refractivity (Wildman–Crippen MR) is 102 cm³/mol. The summed E-state index contributed by atoms with van der Waals surface area (Å²) in [5.74, 6) is 0.0292. The highest BCUT2D eigenvalue weighted by Crippen LogP contribution is 2.30. The highest BCUT2D eigenvalue weighted by molar-refractivity contribution is 6.00. The van der Waals surface area contributed by atoms with Crippen LogP contribution in [0.15, 0.2) is 54.9 Å². The zero-order valence-corrected chi connectivity index (χ0v) is 14.7. The molecule has 0 aliphatic carbocycles. The monoisotopic (exact) mass is 362 g/mol. The van der Waals surface area contributed by atoms with E-state index in [1.54, 1.807) is 47.1 Å². The Kier molecular flexibility index (Phi) is 4.29. The Labute approximate surface area is 155 Å². The molecule has 0 unspecified atom stereocenters. The Morgan fingerprint density at radius 2 is 1.78 bits per heavy atom. The summed E-state index contributed by atoms with van der Waals surface area (Å²) in [7, 11) is 0. The molecule has 0 fully saturated rings. The van der Waals surface area contributed by atoms with E-state index in [4.69, 9.17) is 0 Å². The third kappa shape index (κ3) is 3.50. The summed E-state index contributed by atoms with van der Waals surface area (Å²) in [6.45, 7) is 2.24. The van der Waals surface area contributed by atoms with Crippen molar-refractivity contribution in [3.8, 4) is 5.69 Å². The van der Waals surface area contributed by atoms with E-state index in [0.29, 0.717) is 17.9 Å². The van der Waals surface area contributed by atoms with E-state index in [-0.39, 0.29) is 11.9 Å². The number of rotatable bonds is 3. The van der Waals surface area contributed by atoms with Crippen LogP contribution in [0.2, 0.25) is 0 Å². The zero-order chi connectivity index (χ0) is 18.8. The molecule has 0 atom stereocenters. The number of anilines is 3. The summed E-state index contributed by atoms with van der Waals surface area (Å²) in [5, 5.41) is 13.3. The number of carbonyl (C=O) groups excluding carboxylic acids is 2. The Balaban J connectivity index is 1.40. The SMILES string of the molecule is CC(=O)N1CCc2cc(NC(=O)Nc3ccc(-n4ccnn4)cc3)ccc21. The maximum atomic E-state index is 12.3. The van der Waals surface area contributed by atoms with E-state index in [0.717, 1.165) is 23.4 Å². The van der Waals surface area contributed by atoms with Gasteiger partial charge in [0.2, 0.25) is 5.91 Å². The van der Waals surface area contributed by atoms with Crippen molar-refractivity contribution in [2.24, 2.45) is 0 Å². The minimum absolute atomic E-state index is 0.0292. The number of nitrogens with one attached hydrogen (secondary N) is 2. The number of benzene rings is 2. The van der Waals surface area contributed by atoms with Crippen LogP contribution in [0.1, 0.15) is 12.5 Å². The van der Waals surface area contributed by atoms with E-state index >= 15 is 0 Å². The Morgan fingerprint density at radius 3 is 2.48 bits per heavy atom. The molecule has 3 amide bonds. The van der Waals surface area contributed by atoms with Crippen molar-refractivity contribution in [3.63, 3.8) is 0 Å². The summed E-state index contributed by atoms with van der Waals surface area (Å²) in [6, 6.07) is 12.5. The average Bonchev–Trinajstić information content (AvgIpc) is 3.31. The highest BCUT2D eigenvalue weighted by atomic mass is 16.2. The van der Waals surface area contributed by atoms with Gasteiger partial charge in [0.25, 0.3) is 0 Å². The van der Waals surface area contributed by atoms with Crippen LogP contribution >= 0.6 is 0 Å². The second-order valence-electron chi connectivity index (χ2n) is 6.24. The fraction of sp³-hybridized carbons (Fsp3) is 0.158. The lowest BCUT2D eigenvalue weighted by molar-refractivity contribution is -0.116. The number of hydrogen-bond donors (Lipinski definition) is 2. The highest BCUT2D eigenvalue weighted by Gasteiger charge is 2.22. The Morgan fingerprint density at radius 1 is 1.04 bits per heavy atom. The number of aromatic nitrogens is 3. The molecular formula is C19H18N6O2. The van der Waals surface area contributed by atoms with Crippen molar-refractivity contribution in [1.29, 1.82) is 0 Å². The smallest absolute Gasteiger partial charge is 0.312 e. The number of carbonyl (C=O) groups is 2. The number of nitrogens with zero attached hydrogens (tertiary/aromatic N) is 4. The van der Waals surface area contributed by atoms with Gasteiger partial charge in [-0.3, -0.25) is 4.79 Å². The van der Waals surface area contributed by atoms with E-state index < -0.39 is 0 Å². The van der Waals surface area contributed by atoms with Gasteiger partial charge in [0.15, 0.2) is 0 Å². The van der Waals surface area contributed by atoms with Crippen molar-refractivity contribution in [2.75, 3.05) is 22.1 Å². The fourth-order valence-electron chi connectivity index (χ4n) is 3.14. The second kappa shape index (κ2) is 6.91. The van der Waals surface area contributed by atoms with Crippen LogP contribution in [0.4, 0.5) is 21.9 Å². The topological polar surface area (TPSA) is 92.2 Å². The van der Waals surface area contributed by atoms with Crippen molar-refractivity contribution in [2.45, 2.75) is 13.3 Å². The molecule has 8 heteroatoms. The lowest BCUT2D eigenvalue weighted by Gasteiger charge is -2.15. The third-order valence-corrected chi connectivity index (χ3v) is 4.43. The van der Waals surface area contributed by atoms with Gasteiger partial charge in [0.05, 0.1) is 18.1 Å². The molecule has 27 heavy (non-hydrogen) atoms. The molecule has 1 aliphatic heterocycles. The van der Waals surface area contributed by atoms with Gasteiger partial charge in [-0.25, -0.2) is 9.48 Å². The maximum absolute atomic E-state index is 12.3. The molecule has 0 radical (unpaired) electrons. The normalized spacial score (nSPS) is 12.6. The standard InChI is InChI=1S/C19H18N6O2/c1-13(26)24-10-8-14-12-16(4-7-18(14)24)22-19(27)21-15-2-5-17(6-3-15)25-11-9-20-23-25/h2-7,9,11-12H,8,10H2,1H3,(H2,21,22,27). The van der Waals surface area contributed by atoms with Crippen LogP contribution in [0.5, 0.6) is 0 Å². The van der Waals surface area contributed by atoms with Gasteiger partial charge in [-0.15, -0.1) is 5.10 Å². The molecule has 2 heterocycles. The van der Waals surface area contributed by atoms with Gasteiger partial charge in [0.1, 0.15) is 0 Å². The van der Waals surface area contributed by atoms with Crippen molar-refractivity contribution in [1.82, 2.24) is 15.0 Å². The molecule has 1 aliphatic rings. The molecule has 1 aromatic heterocycles. The molecule has 136 valence electrons. The van der Waals surface area contributed by atoms with Crippen LogP contribution in [0, 0.1) is 0 Å². The third-order valence-electron chi connectivity index (χ3n) is 4.43. The predicted octanol–water partition coefficient (Wildman–Crippen LogP) is 2.82. The van der Waals surface area contributed by atoms with E-state index in [1.165, 1.54) is 0 Å². The first-order valence-corrected chi connectivity index (χ1v) is 8.56. The van der Waals surface area contributed by atoms with E-state index in [9.17, 15) is 9.59 Å². The molecule has 2 N–H and O–H groups in total. The van der Waals surface area contributed by atoms with E-state index in [2.05, 4.69) is 20.9 Å². The van der Waals surface area contributed by atoms with Gasteiger partial charge in [-0.05, 0) is 54.4 Å². The van der Waals surface area contributed by atoms with Gasteiger partial charge < -0.3 is 15.5 Å². The van der Waals surface area contributed by atoms with Gasteiger partial charge in [-0.1, -0.05) is 5.21 Å². The largest absolute Gasteiger partial charge is 0.323 e. The van der Waals surface area contributed by atoms with Crippen LogP contribution < -0.4 is 15.5 Å². The summed E-state index contributed by atoms with van der Waals surface area (Å²) in [6.07, 6.45) is 4.14. The summed E-state index contributed by atoms with van der Waals surface area (Å²) >= 11 is 0. The van der Waals surface area contributed by atoms with E-state index in [1.807, 2.05) is 24.3 Å². The minimum atomic E-state index is -0.329. The molecule has 0 saturated heterocycles. The average molecular weight is 362 g/mol. The summed E-state index contributed by atoms with van der Waals surface area (Å²) < 4.78 is 1.64. The molecule has 0 spiro atoms. The molecule has 8 nitrogen and oxygen atoms in total. The Hall–Kier alpha value is -3.68. The zero-order valence-electron chi connectivity index (χ0n) is 14.7.